The Balaban J connectivity index is 2.68. The van der Waals surface area contributed by atoms with Crippen LogP contribution in [0.2, 0.25) is 0 Å². The van der Waals surface area contributed by atoms with Crippen molar-refractivity contribution in [1.82, 2.24) is 0 Å². The van der Waals surface area contributed by atoms with E-state index >= 15 is 0 Å². The highest BCUT2D eigenvalue weighted by molar-refractivity contribution is 14.1. The molecule has 0 saturated carbocycles. The van der Waals surface area contributed by atoms with Crippen molar-refractivity contribution < 1.29 is 14.3 Å². The van der Waals surface area contributed by atoms with E-state index in [4.69, 9.17) is 9.47 Å². The monoisotopic (exact) mass is 348 g/mol. The molecule has 0 fully saturated rings. The van der Waals surface area contributed by atoms with Gasteiger partial charge in [-0.15, -0.1) is 0 Å². The number of carbonyl (C=O) groups excluding carboxylic acids is 1. The third-order valence-electron chi connectivity index (χ3n) is 2.65. The Labute approximate surface area is 116 Å². The molecule has 17 heavy (non-hydrogen) atoms. The smallest absolute Gasteiger partial charge is 0.373 e. The molecule has 94 valence electrons. The fourth-order valence-corrected chi connectivity index (χ4v) is 2.28. The van der Waals surface area contributed by atoms with Gasteiger partial charge in [-0.25, -0.2) is 4.79 Å². The van der Waals surface area contributed by atoms with Gasteiger partial charge in [0, 0.05) is 12.3 Å². The first-order valence-electron chi connectivity index (χ1n) is 5.48. The van der Waals surface area contributed by atoms with E-state index in [9.17, 15) is 4.79 Å². The second-order valence-corrected chi connectivity index (χ2v) is 4.73. The van der Waals surface area contributed by atoms with Crippen molar-refractivity contribution >= 4 is 28.6 Å². The summed E-state index contributed by atoms with van der Waals surface area (Å²) in [7, 11) is 1.48. The van der Waals surface area contributed by atoms with Gasteiger partial charge in [-0.05, 0) is 17.1 Å². The Kier molecular flexibility index (Phi) is 5.74. The normalized spacial score (nSPS) is 23.3. The number of hydrogen-bond acceptors (Lipinski definition) is 3. The number of halogens is 1. The molecule has 0 amide bonds. The molecule has 0 aromatic carbocycles. The number of esters is 1. The summed E-state index contributed by atoms with van der Waals surface area (Å²) in [5, 5.41) is 0. The minimum atomic E-state index is -0.369. The summed E-state index contributed by atoms with van der Waals surface area (Å²) in [4.78, 5) is 11.5. The highest BCUT2D eigenvalue weighted by atomic mass is 127. The molecule has 1 heterocycles. The van der Waals surface area contributed by atoms with Crippen LogP contribution in [0.3, 0.4) is 0 Å². The van der Waals surface area contributed by atoms with Gasteiger partial charge in [-0.1, -0.05) is 47.2 Å². The zero-order chi connectivity index (χ0) is 12.8. The number of ether oxygens (including phenoxy) is 2. The lowest BCUT2D eigenvalue weighted by molar-refractivity contribution is -0.151. The van der Waals surface area contributed by atoms with Crippen LogP contribution in [0.25, 0.3) is 0 Å². The number of hydrogen-bond donors (Lipinski definition) is 0. The van der Waals surface area contributed by atoms with Gasteiger partial charge in [0.2, 0.25) is 0 Å². The minimum Gasteiger partial charge on any atom is -0.490 e. The molecular formula is C13H17IO3. The van der Waals surface area contributed by atoms with E-state index in [1.165, 1.54) is 12.7 Å². The van der Waals surface area contributed by atoms with Crippen LogP contribution in [-0.2, 0) is 14.3 Å². The van der Waals surface area contributed by atoms with Crippen LogP contribution in [0.4, 0.5) is 0 Å². The molecule has 0 spiro atoms. The molecular weight excluding hydrogens is 331 g/mol. The number of cyclic esters (lactones) is 1. The summed E-state index contributed by atoms with van der Waals surface area (Å²) in [6.45, 7) is 4.08. The Hall–Kier alpha value is -0.780. The number of allylic oxidation sites excluding steroid dienone is 2. The van der Waals surface area contributed by atoms with E-state index in [1.807, 2.05) is 24.0 Å². The molecule has 1 rings (SSSR count). The maximum absolute atomic E-state index is 11.5. The molecule has 1 aliphatic rings. The molecule has 2 atom stereocenters. The van der Waals surface area contributed by atoms with Crippen molar-refractivity contribution in [2.45, 2.75) is 26.4 Å². The van der Waals surface area contributed by atoms with Crippen LogP contribution < -0.4 is 0 Å². The molecule has 3 nitrogen and oxygen atoms in total. The van der Waals surface area contributed by atoms with Gasteiger partial charge in [0.25, 0.3) is 0 Å². The number of methoxy groups -OCH3 is 1. The number of rotatable bonds is 4. The molecule has 0 N–H and O–H groups in total. The van der Waals surface area contributed by atoms with Crippen molar-refractivity contribution in [3.63, 3.8) is 0 Å². The SMILES string of the molecule is COC1=CC[C@@H]([C@@H](C)/C=C(C)/C=C\I)OC1=O. The lowest BCUT2D eigenvalue weighted by Crippen LogP contribution is -2.29. The Morgan fingerprint density at radius 2 is 2.41 bits per heavy atom. The first-order chi connectivity index (χ1) is 8.08. The van der Waals surface area contributed by atoms with E-state index < -0.39 is 0 Å². The zero-order valence-electron chi connectivity index (χ0n) is 10.3. The van der Waals surface area contributed by atoms with Crippen LogP contribution in [0.1, 0.15) is 20.3 Å². The molecule has 4 heteroatoms. The van der Waals surface area contributed by atoms with Gasteiger partial charge in [-0.3, -0.25) is 0 Å². The molecule has 0 aromatic heterocycles. The number of carbonyl (C=O) groups is 1. The maximum atomic E-state index is 11.5. The first-order valence-corrected chi connectivity index (χ1v) is 6.73. The van der Waals surface area contributed by atoms with Gasteiger partial charge < -0.3 is 9.47 Å². The van der Waals surface area contributed by atoms with Gasteiger partial charge in [0.05, 0.1) is 7.11 Å². The molecule has 0 aliphatic carbocycles. The predicted octanol–water partition coefficient (Wildman–Crippen LogP) is 3.36. The zero-order valence-corrected chi connectivity index (χ0v) is 12.4. The second kappa shape index (κ2) is 6.83. The molecule has 0 aromatic rings. The molecule has 0 bridgehead atoms. The first kappa shape index (κ1) is 14.3. The van der Waals surface area contributed by atoms with Crippen LogP contribution in [0.15, 0.2) is 33.6 Å². The highest BCUT2D eigenvalue weighted by Gasteiger charge is 2.26. The maximum Gasteiger partial charge on any atom is 0.373 e. The van der Waals surface area contributed by atoms with E-state index in [0.29, 0.717) is 12.2 Å². The summed E-state index contributed by atoms with van der Waals surface area (Å²) in [5.41, 5.74) is 1.17. The largest absolute Gasteiger partial charge is 0.490 e. The average molecular weight is 348 g/mol. The van der Waals surface area contributed by atoms with Crippen molar-refractivity contribution in [3.8, 4) is 0 Å². The Bertz CT molecular complexity index is 369. The Morgan fingerprint density at radius 1 is 1.71 bits per heavy atom. The van der Waals surface area contributed by atoms with Gasteiger partial charge in [-0.2, -0.15) is 0 Å². The summed E-state index contributed by atoms with van der Waals surface area (Å²) in [6, 6.07) is 0. The van der Waals surface area contributed by atoms with Crippen LogP contribution in [-0.4, -0.2) is 19.2 Å². The third-order valence-corrected chi connectivity index (χ3v) is 3.01. The molecule has 0 saturated heterocycles. The van der Waals surface area contributed by atoms with Gasteiger partial charge >= 0.3 is 5.97 Å². The molecule has 0 radical (unpaired) electrons. The predicted molar refractivity (Wildman–Crippen MR) is 75.7 cm³/mol. The van der Waals surface area contributed by atoms with E-state index in [-0.39, 0.29) is 18.0 Å². The van der Waals surface area contributed by atoms with Gasteiger partial charge in [0.1, 0.15) is 6.10 Å². The fraction of sp³-hybridized carbons (Fsp3) is 0.462. The van der Waals surface area contributed by atoms with Crippen LogP contribution in [0, 0.1) is 5.92 Å². The Morgan fingerprint density at radius 3 is 2.94 bits per heavy atom. The summed E-state index contributed by atoms with van der Waals surface area (Å²) >= 11 is 2.18. The lowest BCUT2D eigenvalue weighted by atomic mass is 9.97. The van der Waals surface area contributed by atoms with Crippen molar-refractivity contribution in [3.05, 3.63) is 33.6 Å². The highest BCUT2D eigenvalue weighted by Crippen LogP contribution is 2.22. The summed E-state index contributed by atoms with van der Waals surface area (Å²) in [5.74, 6) is 0.133. The van der Waals surface area contributed by atoms with E-state index in [1.54, 1.807) is 6.08 Å². The van der Waals surface area contributed by atoms with Crippen molar-refractivity contribution in [1.29, 1.82) is 0 Å². The summed E-state index contributed by atoms with van der Waals surface area (Å²) in [6.07, 6.45) is 6.54. The quantitative estimate of drug-likeness (QED) is 0.444. The van der Waals surface area contributed by atoms with E-state index in [0.717, 1.165) is 0 Å². The minimum absolute atomic E-state index is 0.0982. The van der Waals surface area contributed by atoms with Crippen LogP contribution >= 0.6 is 22.6 Å². The standard InChI is InChI=1S/C13H17IO3/c1-9(6-7-14)8-10(2)11-4-5-12(16-3)13(15)17-11/h5-8,10-11H,4H2,1-3H3/b7-6-,9-8+/t10-,11-/m0/s1. The van der Waals surface area contributed by atoms with Gasteiger partial charge in [0.15, 0.2) is 5.76 Å². The van der Waals surface area contributed by atoms with Crippen molar-refractivity contribution in [2.75, 3.05) is 7.11 Å². The second-order valence-electron chi connectivity index (χ2n) is 4.01. The van der Waals surface area contributed by atoms with E-state index in [2.05, 4.69) is 28.7 Å². The average Bonchev–Trinajstić information content (AvgIpc) is 2.29. The summed E-state index contributed by atoms with van der Waals surface area (Å²) < 4.78 is 12.2. The third kappa shape index (κ3) is 4.18. The fourth-order valence-electron chi connectivity index (χ4n) is 1.72. The van der Waals surface area contributed by atoms with Crippen LogP contribution in [0.5, 0.6) is 0 Å². The topological polar surface area (TPSA) is 35.5 Å². The molecule has 0 unspecified atom stereocenters. The van der Waals surface area contributed by atoms with Crippen molar-refractivity contribution in [2.24, 2.45) is 5.92 Å². The lowest BCUT2D eigenvalue weighted by Gasteiger charge is -2.25. The molecule has 1 aliphatic heterocycles.